The number of amides is 1. The van der Waals surface area contributed by atoms with Gasteiger partial charge in [-0.25, -0.2) is 12.8 Å². The number of halogens is 1. The van der Waals surface area contributed by atoms with Crippen molar-refractivity contribution in [1.82, 2.24) is 5.32 Å². The van der Waals surface area contributed by atoms with Crippen LogP contribution >= 0.6 is 0 Å². The summed E-state index contributed by atoms with van der Waals surface area (Å²) in [5.74, 6) is -0.210. The van der Waals surface area contributed by atoms with E-state index in [1.807, 2.05) is 24.3 Å². The monoisotopic (exact) mass is 535 g/mol. The van der Waals surface area contributed by atoms with Crippen molar-refractivity contribution in [2.24, 2.45) is 11.8 Å². The highest BCUT2D eigenvalue weighted by Gasteiger charge is 2.41. The second kappa shape index (κ2) is 11.6. The van der Waals surface area contributed by atoms with Crippen LogP contribution in [0.3, 0.4) is 0 Å². The van der Waals surface area contributed by atoms with Gasteiger partial charge in [0.25, 0.3) is 5.91 Å². The van der Waals surface area contributed by atoms with E-state index in [1.165, 1.54) is 12.1 Å². The molecule has 0 aromatic heterocycles. The third-order valence-electron chi connectivity index (χ3n) is 7.58. The van der Waals surface area contributed by atoms with E-state index in [0.717, 1.165) is 16.7 Å². The molecular formula is C31H34FNO4S. The summed E-state index contributed by atoms with van der Waals surface area (Å²) in [6.07, 6.45) is 1.21. The summed E-state index contributed by atoms with van der Waals surface area (Å²) < 4.78 is 37.6. The van der Waals surface area contributed by atoms with E-state index in [1.54, 1.807) is 43.3 Å². The van der Waals surface area contributed by atoms with Crippen molar-refractivity contribution in [3.8, 4) is 0 Å². The van der Waals surface area contributed by atoms with Gasteiger partial charge in [0.1, 0.15) is 11.6 Å². The number of carbonyl (C=O) groups is 2. The van der Waals surface area contributed by atoms with Crippen LogP contribution in [0.1, 0.15) is 72.5 Å². The molecule has 1 aliphatic carbocycles. The zero-order valence-electron chi connectivity index (χ0n) is 22.0. The maximum absolute atomic E-state index is 13.6. The zero-order chi connectivity index (χ0) is 27.4. The molecule has 0 aliphatic heterocycles. The van der Waals surface area contributed by atoms with Crippen molar-refractivity contribution < 1.29 is 22.4 Å². The number of Topliss-reactive ketones (excluding diaryl/α,β-unsaturated/α-hetero) is 1. The van der Waals surface area contributed by atoms with Crippen molar-refractivity contribution in [2.45, 2.75) is 56.9 Å². The Kier molecular flexibility index (Phi) is 8.46. The van der Waals surface area contributed by atoms with E-state index in [0.29, 0.717) is 18.4 Å². The molecule has 1 N–H and O–H groups in total. The van der Waals surface area contributed by atoms with Crippen molar-refractivity contribution in [2.75, 3.05) is 5.75 Å². The van der Waals surface area contributed by atoms with E-state index in [4.69, 9.17) is 0 Å². The van der Waals surface area contributed by atoms with Crippen molar-refractivity contribution in [3.63, 3.8) is 0 Å². The molecule has 0 saturated heterocycles. The van der Waals surface area contributed by atoms with E-state index in [-0.39, 0.29) is 58.4 Å². The lowest BCUT2D eigenvalue weighted by Gasteiger charge is -2.40. The molecule has 38 heavy (non-hydrogen) atoms. The Bertz CT molecular complexity index is 1380. The number of nitrogens with one attached hydrogen (secondary N) is 1. The fourth-order valence-corrected chi connectivity index (χ4v) is 6.41. The molecule has 1 saturated carbocycles. The third kappa shape index (κ3) is 6.04. The Morgan fingerprint density at radius 1 is 0.947 bits per heavy atom. The van der Waals surface area contributed by atoms with Gasteiger partial charge in [-0.2, -0.15) is 0 Å². The highest BCUT2D eigenvalue weighted by molar-refractivity contribution is 7.91. The third-order valence-corrected chi connectivity index (χ3v) is 9.33. The first kappa shape index (κ1) is 27.7. The van der Waals surface area contributed by atoms with Gasteiger partial charge in [0.15, 0.2) is 9.84 Å². The lowest BCUT2D eigenvalue weighted by molar-refractivity contribution is -0.127. The normalized spacial score (nSPS) is 19.9. The van der Waals surface area contributed by atoms with Crippen LogP contribution in [0.25, 0.3) is 0 Å². The largest absolute Gasteiger partial charge is 0.348 e. The van der Waals surface area contributed by atoms with E-state index in [9.17, 15) is 22.4 Å². The quantitative estimate of drug-likeness (QED) is 0.381. The Balaban J connectivity index is 1.51. The average Bonchev–Trinajstić information content (AvgIpc) is 2.92. The van der Waals surface area contributed by atoms with Gasteiger partial charge in [-0.3, -0.25) is 9.59 Å². The molecule has 3 aromatic carbocycles. The zero-order valence-corrected chi connectivity index (χ0v) is 22.8. The van der Waals surface area contributed by atoms with Gasteiger partial charge in [-0.1, -0.05) is 57.2 Å². The highest BCUT2D eigenvalue weighted by Crippen LogP contribution is 2.48. The van der Waals surface area contributed by atoms with Gasteiger partial charge < -0.3 is 5.32 Å². The van der Waals surface area contributed by atoms with Gasteiger partial charge in [0.05, 0.1) is 10.6 Å². The lowest BCUT2D eigenvalue weighted by atomic mass is 9.63. The SMILES string of the molecule is CCS(=O)(=O)c1ccc(CNC(=O)c2ccc([C@H]3C(c4ccc(F)cc4)CCC(=O)[C@@H]3C(C)C)cc2)cc1. The van der Waals surface area contributed by atoms with Crippen LogP contribution in [0.5, 0.6) is 0 Å². The highest BCUT2D eigenvalue weighted by atomic mass is 32.2. The summed E-state index contributed by atoms with van der Waals surface area (Å²) in [4.78, 5) is 26.1. The lowest BCUT2D eigenvalue weighted by Crippen LogP contribution is -2.35. The maximum atomic E-state index is 13.6. The molecule has 0 radical (unpaired) electrons. The van der Waals surface area contributed by atoms with Gasteiger partial charge in [-0.05, 0) is 71.3 Å². The minimum atomic E-state index is -3.26. The van der Waals surface area contributed by atoms with Gasteiger partial charge in [-0.15, -0.1) is 0 Å². The minimum Gasteiger partial charge on any atom is -0.348 e. The average molecular weight is 536 g/mol. The second-order valence-corrected chi connectivity index (χ2v) is 12.6. The second-order valence-electron chi connectivity index (χ2n) is 10.3. The molecule has 1 amide bonds. The Labute approximate surface area is 224 Å². The molecule has 7 heteroatoms. The molecule has 1 unspecified atom stereocenters. The molecule has 1 fully saturated rings. The van der Waals surface area contributed by atoms with Crippen LogP contribution in [0.15, 0.2) is 77.7 Å². The number of rotatable bonds is 8. The number of sulfone groups is 1. The van der Waals surface area contributed by atoms with Crippen LogP contribution in [0.2, 0.25) is 0 Å². The van der Waals surface area contributed by atoms with Crippen LogP contribution in [-0.2, 0) is 21.2 Å². The molecule has 0 heterocycles. The first-order valence-electron chi connectivity index (χ1n) is 13.1. The summed E-state index contributed by atoms with van der Waals surface area (Å²) >= 11 is 0. The van der Waals surface area contributed by atoms with Gasteiger partial charge in [0.2, 0.25) is 0 Å². The van der Waals surface area contributed by atoms with E-state index < -0.39 is 9.84 Å². The predicted octanol–water partition coefficient (Wildman–Crippen LogP) is 6.05. The van der Waals surface area contributed by atoms with Crippen LogP contribution < -0.4 is 5.32 Å². The summed E-state index contributed by atoms with van der Waals surface area (Å²) in [5, 5.41) is 2.88. The number of hydrogen-bond acceptors (Lipinski definition) is 4. The van der Waals surface area contributed by atoms with Gasteiger partial charge in [0, 0.05) is 30.4 Å². The predicted molar refractivity (Wildman–Crippen MR) is 146 cm³/mol. The first-order chi connectivity index (χ1) is 18.1. The minimum absolute atomic E-state index is 0.0383. The molecule has 3 atom stereocenters. The summed E-state index contributed by atoms with van der Waals surface area (Å²) in [7, 11) is -3.26. The van der Waals surface area contributed by atoms with Crippen molar-refractivity contribution >= 4 is 21.5 Å². The summed E-state index contributed by atoms with van der Waals surface area (Å²) in [6, 6.07) is 20.5. The Morgan fingerprint density at radius 2 is 1.55 bits per heavy atom. The van der Waals surface area contributed by atoms with Gasteiger partial charge >= 0.3 is 0 Å². The van der Waals surface area contributed by atoms with Crippen LogP contribution in [0.4, 0.5) is 4.39 Å². The molecule has 5 nitrogen and oxygen atoms in total. The Hall–Kier alpha value is -3.32. The molecule has 1 aliphatic rings. The van der Waals surface area contributed by atoms with Crippen molar-refractivity contribution in [3.05, 3.63) is 101 Å². The smallest absolute Gasteiger partial charge is 0.251 e. The maximum Gasteiger partial charge on any atom is 0.251 e. The fraction of sp³-hybridized carbons (Fsp3) is 0.355. The van der Waals surface area contributed by atoms with Crippen LogP contribution in [0, 0.1) is 17.7 Å². The van der Waals surface area contributed by atoms with Crippen LogP contribution in [-0.4, -0.2) is 25.9 Å². The molecule has 0 spiro atoms. The number of ketones is 1. The molecule has 200 valence electrons. The molecule has 4 rings (SSSR count). The number of hydrogen-bond donors (Lipinski definition) is 1. The number of carbonyl (C=O) groups excluding carboxylic acids is 2. The standard InChI is InChI=1S/C31H34FNO4S/c1-4-38(36,37)26-15-5-21(6-16-26)19-33-31(35)24-9-7-23(8-10-24)30-27(22-11-13-25(32)14-12-22)17-18-28(34)29(30)20(2)3/h5-16,20,27,29-30H,4,17-19H2,1-3H3,(H,33,35)/t27?,29-,30-/m0/s1. The topological polar surface area (TPSA) is 80.3 Å². The van der Waals surface area contributed by atoms with E-state index in [2.05, 4.69) is 19.2 Å². The van der Waals surface area contributed by atoms with E-state index >= 15 is 0 Å². The molecule has 0 bridgehead atoms. The number of benzene rings is 3. The fourth-order valence-electron chi connectivity index (χ4n) is 5.53. The first-order valence-corrected chi connectivity index (χ1v) is 14.7. The molecular weight excluding hydrogens is 501 g/mol. The Morgan fingerprint density at radius 3 is 2.13 bits per heavy atom. The summed E-state index contributed by atoms with van der Waals surface area (Å²) in [6.45, 7) is 6.00. The molecule has 3 aromatic rings. The van der Waals surface area contributed by atoms with Crippen molar-refractivity contribution in [1.29, 1.82) is 0 Å². The summed E-state index contributed by atoms with van der Waals surface area (Å²) in [5.41, 5.74) is 3.32.